The number of likely N-dealkylation sites (tertiary alicyclic amines) is 1. The van der Waals surface area contributed by atoms with E-state index in [0.29, 0.717) is 5.41 Å². The number of nitrogens with zero attached hydrogens (tertiary/aromatic N) is 1. The van der Waals surface area contributed by atoms with Crippen LogP contribution in [0.25, 0.3) is 0 Å². The Balaban J connectivity index is 1.66. The van der Waals surface area contributed by atoms with E-state index < -0.39 is 0 Å². The first-order valence-corrected chi connectivity index (χ1v) is 8.79. The molecular formula is C17H32N2O. The van der Waals surface area contributed by atoms with E-state index >= 15 is 0 Å². The zero-order chi connectivity index (χ0) is 13.8. The molecular weight excluding hydrogens is 248 g/mol. The van der Waals surface area contributed by atoms with Crippen LogP contribution in [0.2, 0.25) is 0 Å². The fraction of sp³-hybridized carbons (Fsp3) is 1.00. The smallest absolute Gasteiger partial charge is 0.0472 e. The Bertz CT molecular complexity index is 294. The molecule has 2 unspecified atom stereocenters. The maximum absolute atomic E-state index is 5.62. The van der Waals surface area contributed by atoms with Gasteiger partial charge in [-0.3, -0.25) is 4.90 Å². The first kappa shape index (κ1) is 14.8. The van der Waals surface area contributed by atoms with Gasteiger partial charge < -0.3 is 10.1 Å². The van der Waals surface area contributed by atoms with E-state index in [1.807, 2.05) is 0 Å². The standard InChI is InChI=1S/C17H32N2O/c1-18-13-17(8-11-20-12-9-17)14-19-10-4-6-15-5-2-3-7-16(15)19/h15-16,18H,2-14H2,1H3. The third-order valence-electron chi connectivity index (χ3n) is 6.00. The van der Waals surface area contributed by atoms with Crippen molar-refractivity contribution in [2.75, 3.05) is 39.9 Å². The minimum atomic E-state index is 0.465. The van der Waals surface area contributed by atoms with Gasteiger partial charge in [0.15, 0.2) is 0 Å². The summed E-state index contributed by atoms with van der Waals surface area (Å²) in [6, 6.07) is 0.897. The van der Waals surface area contributed by atoms with E-state index in [9.17, 15) is 0 Å². The van der Waals surface area contributed by atoms with E-state index in [-0.39, 0.29) is 0 Å². The van der Waals surface area contributed by atoms with Gasteiger partial charge in [0.25, 0.3) is 0 Å². The van der Waals surface area contributed by atoms with E-state index in [1.165, 1.54) is 64.5 Å². The second-order valence-electron chi connectivity index (χ2n) is 7.37. The Morgan fingerprint density at radius 3 is 2.65 bits per heavy atom. The van der Waals surface area contributed by atoms with Crippen molar-refractivity contribution in [1.29, 1.82) is 0 Å². The van der Waals surface area contributed by atoms with E-state index in [4.69, 9.17) is 4.74 Å². The molecule has 0 aromatic carbocycles. The molecule has 0 radical (unpaired) electrons. The van der Waals surface area contributed by atoms with Crippen LogP contribution in [0.15, 0.2) is 0 Å². The van der Waals surface area contributed by atoms with Gasteiger partial charge in [0.1, 0.15) is 0 Å². The lowest BCUT2D eigenvalue weighted by molar-refractivity contribution is -0.0319. The number of hydrogen-bond acceptors (Lipinski definition) is 3. The van der Waals surface area contributed by atoms with E-state index in [0.717, 1.165) is 31.7 Å². The summed E-state index contributed by atoms with van der Waals surface area (Å²) in [7, 11) is 2.11. The first-order chi connectivity index (χ1) is 9.83. The molecule has 0 spiro atoms. The summed E-state index contributed by atoms with van der Waals surface area (Å²) in [6.07, 6.45) is 11.3. The van der Waals surface area contributed by atoms with Crippen molar-refractivity contribution in [3.63, 3.8) is 0 Å². The second-order valence-corrected chi connectivity index (χ2v) is 7.37. The highest BCUT2D eigenvalue weighted by atomic mass is 16.5. The van der Waals surface area contributed by atoms with Crippen molar-refractivity contribution in [2.45, 2.75) is 57.4 Å². The van der Waals surface area contributed by atoms with Gasteiger partial charge >= 0.3 is 0 Å². The molecule has 1 N–H and O–H groups in total. The number of ether oxygens (including phenoxy) is 1. The molecule has 0 amide bonds. The quantitative estimate of drug-likeness (QED) is 0.857. The number of fused-ring (bicyclic) bond motifs is 1. The van der Waals surface area contributed by atoms with Gasteiger partial charge in [-0.05, 0) is 63.5 Å². The summed E-state index contributed by atoms with van der Waals surface area (Å²) < 4.78 is 5.62. The Morgan fingerprint density at radius 1 is 1.10 bits per heavy atom. The first-order valence-electron chi connectivity index (χ1n) is 8.79. The fourth-order valence-electron chi connectivity index (χ4n) is 4.93. The molecule has 3 aliphatic rings. The molecule has 20 heavy (non-hydrogen) atoms. The highest BCUT2D eigenvalue weighted by molar-refractivity contribution is 4.93. The fourth-order valence-corrected chi connectivity index (χ4v) is 4.93. The SMILES string of the molecule is CNCC1(CN2CCCC3CCCCC32)CCOCC1. The molecule has 0 aromatic rings. The average Bonchev–Trinajstić information content (AvgIpc) is 2.49. The number of hydrogen-bond donors (Lipinski definition) is 1. The van der Waals surface area contributed by atoms with Crippen molar-refractivity contribution in [3.05, 3.63) is 0 Å². The molecule has 2 saturated heterocycles. The minimum absolute atomic E-state index is 0.465. The molecule has 1 aliphatic carbocycles. The molecule has 2 aliphatic heterocycles. The van der Waals surface area contributed by atoms with Gasteiger partial charge in [0, 0.05) is 32.3 Å². The van der Waals surface area contributed by atoms with Crippen molar-refractivity contribution < 1.29 is 4.74 Å². The Hall–Kier alpha value is -0.120. The molecule has 116 valence electrons. The van der Waals surface area contributed by atoms with Crippen molar-refractivity contribution in [1.82, 2.24) is 10.2 Å². The maximum atomic E-state index is 5.62. The third-order valence-corrected chi connectivity index (χ3v) is 6.00. The molecule has 1 saturated carbocycles. The predicted octanol–water partition coefficient (Wildman–Crippen LogP) is 2.66. The van der Waals surface area contributed by atoms with Gasteiger partial charge in [0.05, 0.1) is 0 Å². The molecule has 2 atom stereocenters. The van der Waals surface area contributed by atoms with Crippen molar-refractivity contribution in [3.8, 4) is 0 Å². The van der Waals surface area contributed by atoms with Crippen LogP contribution in [0, 0.1) is 11.3 Å². The molecule has 3 heteroatoms. The topological polar surface area (TPSA) is 24.5 Å². The van der Waals surface area contributed by atoms with Crippen LogP contribution < -0.4 is 5.32 Å². The zero-order valence-electron chi connectivity index (χ0n) is 13.2. The monoisotopic (exact) mass is 280 g/mol. The normalized spacial score (nSPS) is 34.6. The van der Waals surface area contributed by atoms with Gasteiger partial charge in [0.2, 0.25) is 0 Å². The molecule has 3 nitrogen and oxygen atoms in total. The average molecular weight is 280 g/mol. The third kappa shape index (κ3) is 3.20. The van der Waals surface area contributed by atoms with Crippen LogP contribution in [-0.2, 0) is 4.74 Å². The minimum Gasteiger partial charge on any atom is -0.381 e. The van der Waals surface area contributed by atoms with Gasteiger partial charge in [-0.15, -0.1) is 0 Å². The van der Waals surface area contributed by atoms with Crippen LogP contribution >= 0.6 is 0 Å². The van der Waals surface area contributed by atoms with Gasteiger partial charge in [-0.25, -0.2) is 0 Å². The lowest BCUT2D eigenvalue weighted by atomic mass is 9.75. The number of rotatable bonds is 4. The van der Waals surface area contributed by atoms with Gasteiger partial charge in [-0.2, -0.15) is 0 Å². The summed E-state index contributed by atoms with van der Waals surface area (Å²) in [6.45, 7) is 5.73. The highest BCUT2D eigenvalue weighted by Gasteiger charge is 2.39. The van der Waals surface area contributed by atoms with E-state index in [2.05, 4.69) is 17.3 Å². The summed E-state index contributed by atoms with van der Waals surface area (Å²) >= 11 is 0. The summed E-state index contributed by atoms with van der Waals surface area (Å²) in [5, 5.41) is 3.46. The van der Waals surface area contributed by atoms with Crippen LogP contribution in [0.1, 0.15) is 51.4 Å². The number of nitrogens with one attached hydrogen (secondary N) is 1. The second kappa shape index (κ2) is 6.76. The zero-order valence-corrected chi connectivity index (χ0v) is 13.2. The van der Waals surface area contributed by atoms with Crippen molar-refractivity contribution in [2.24, 2.45) is 11.3 Å². The largest absolute Gasteiger partial charge is 0.381 e. The molecule has 2 heterocycles. The molecule has 3 fully saturated rings. The number of piperidine rings is 1. The van der Waals surface area contributed by atoms with Crippen LogP contribution in [-0.4, -0.2) is 50.8 Å². The summed E-state index contributed by atoms with van der Waals surface area (Å²) in [4.78, 5) is 2.87. The lowest BCUT2D eigenvalue weighted by Gasteiger charge is -2.49. The van der Waals surface area contributed by atoms with Crippen LogP contribution in [0.5, 0.6) is 0 Å². The Labute approximate surface area is 124 Å². The molecule has 0 aromatic heterocycles. The Morgan fingerprint density at radius 2 is 1.85 bits per heavy atom. The van der Waals surface area contributed by atoms with Crippen molar-refractivity contribution >= 4 is 0 Å². The molecule has 3 rings (SSSR count). The maximum Gasteiger partial charge on any atom is 0.0472 e. The summed E-state index contributed by atoms with van der Waals surface area (Å²) in [5.41, 5.74) is 0.465. The summed E-state index contributed by atoms with van der Waals surface area (Å²) in [5.74, 6) is 1.00. The van der Waals surface area contributed by atoms with E-state index in [1.54, 1.807) is 0 Å². The highest BCUT2D eigenvalue weighted by Crippen LogP contribution is 2.39. The predicted molar refractivity (Wildman–Crippen MR) is 83.0 cm³/mol. The van der Waals surface area contributed by atoms with Gasteiger partial charge in [-0.1, -0.05) is 12.8 Å². The Kier molecular flexibility index (Phi) is 5.00. The lowest BCUT2D eigenvalue weighted by Crippen LogP contribution is -2.54. The van der Waals surface area contributed by atoms with Crippen LogP contribution in [0.3, 0.4) is 0 Å². The van der Waals surface area contributed by atoms with Crippen LogP contribution in [0.4, 0.5) is 0 Å². The molecule has 0 bridgehead atoms.